The molecular weight excluding hydrogens is 572 g/mol. The van der Waals surface area contributed by atoms with Crippen LogP contribution in [0.4, 0.5) is 0 Å². The number of esters is 1. The molecule has 8 heteroatoms. The summed E-state index contributed by atoms with van der Waals surface area (Å²) >= 11 is 3.46. The molecule has 0 fully saturated rings. The maximum atomic E-state index is 13.3. The molecular formula is C32H45BrN2O5. The minimum Gasteiger partial charge on any atom is -0.508 e. The number of ether oxygens (including phenoxy) is 1. The predicted octanol–water partition coefficient (Wildman–Crippen LogP) is 6.21. The number of benzene rings is 2. The summed E-state index contributed by atoms with van der Waals surface area (Å²) in [6, 6.07) is 14.1. The van der Waals surface area contributed by atoms with Crippen LogP contribution < -0.4 is 10.6 Å². The first-order valence-electron chi connectivity index (χ1n) is 14.4. The second-order valence-electron chi connectivity index (χ2n) is 10.6. The minimum atomic E-state index is -0.951. The van der Waals surface area contributed by atoms with Gasteiger partial charge in [-0.15, -0.1) is 0 Å². The van der Waals surface area contributed by atoms with Gasteiger partial charge in [-0.3, -0.25) is 9.59 Å². The molecule has 7 nitrogen and oxygen atoms in total. The van der Waals surface area contributed by atoms with Gasteiger partial charge in [0.2, 0.25) is 11.8 Å². The van der Waals surface area contributed by atoms with Gasteiger partial charge in [0.15, 0.2) is 0 Å². The maximum Gasteiger partial charge on any atom is 0.329 e. The lowest BCUT2D eigenvalue weighted by Gasteiger charge is -2.25. The number of carbonyl (C=O) groups is 3. The fourth-order valence-electron chi connectivity index (χ4n) is 4.37. The summed E-state index contributed by atoms with van der Waals surface area (Å²) in [7, 11) is 0. The molecule has 2 aromatic rings. The van der Waals surface area contributed by atoms with Crippen molar-refractivity contribution in [3.05, 3.63) is 65.7 Å². The average Bonchev–Trinajstić information content (AvgIpc) is 2.94. The van der Waals surface area contributed by atoms with E-state index in [4.69, 9.17) is 4.74 Å². The average molecular weight is 618 g/mol. The summed E-state index contributed by atoms with van der Waals surface area (Å²) in [5.41, 5.74) is 1.60. The van der Waals surface area contributed by atoms with Crippen molar-refractivity contribution in [2.24, 2.45) is 5.92 Å². The molecule has 0 radical (unpaired) electrons. The number of hydrogen-bond donors (Lipinski definition) is 3. The highest BCUT2D eigenvalue weighted by atomic mass is 79.9. The Bertz CT molecular complexity index is 1010. The van der Waals surface area contributed by atoms with E-state index < -0.39 is 24.0 Å². The third-order valence-corrected chi connectivity index (χ3v) is 7.31. The lowest BCUT2D eigenvalue weighted by atomic mass is 10.0. The van der Waals surface area contributed by atoms with Gasteiger partial charge in [-0.05, 0) is 42.0 Å². The topological polar surface area (TPSA) is 105 Å². The second kappa shape index (κ2) is 19.2. The first-order chi connectivity index (χ1) is 19.3. The van der Waals surface area contributed by atoms with Gasteiger partial charge >= 0.3 is 5.97 Å². The zero-order chi connectivity index (χ0) is 29.2. The minimum absolute atomic E-state index is 0.0861. The molecule has 0 aliphatic carbocycles. The Morgan fingerprint density at radius 3 is 2.00 bits per heavy atom. The third kappa shape index (κ3) is 13.5. The van der Waals surface area contributed by atoms with Crippen molar-refractivity contribution in [3.8, 4) is 5.75 Å². The Hall–Kier alpha value is -2.87. The van der Waals surface area contributed by atoms with Crippen LogP contribution in [-0.4, -0.2) is 40.3 Å². The van der Waals surface area contributed by atoms with Gasteiger partial charge in [0, 0.05) is 18.2 Å². The molecule has 0 unspecified atom stereocenters. The Kier molecular flexibility index (Phi) is 16.0. The molecule has 0 aliphatic rings. The van der Waals surface area contributed by atoms with Crippen molar-refractivity contribution in [2.45, 2.75) is 96.7 Å². The van der Waals surface area contributed by atoms with Crippen LogP contribution in [0.1, 0.15) is 82.8 Å². The van der Waals surface area contributed by atoms with Crippen LogP contribution in [0, 0.1) is 5.92 Å². The number of phenolic OH excluding ortho intramolecular Hbond substituents is 1. The molecule has 2 rings (SSSR count). The summed E-state index contributed by atoms with van der Waals surface area (Å²) in [6.45, 7) is 3.81. The van der Waals surface area contributed by atoms with Gasteiger partial charge in [-0.1, -0.05) is 111 Å². The van der Waals surface area contributed by atoms with E-state index in [9.17, 15) is 19.5 Å². The zero-order valence-electron chi connectivity index (χ0n) is 23.9. The Morgan fingerprint density at radius 1 is 0.800 bits per heavy atom. The van der Waals surface area contributed by atoms with Crippen LogP contribution in [0.25, 0.3) is 0 Å². The molecule has 40 heavy (non-hydrogen) atoms. The molecule has 2 amide bonds. The van der Waals surface area contributed by atoms with Gasteiger partial charge in [0.05, 0.1) is 0 Å². The fraction of sp³-hybridized carbons (Fsp3) is 0.531. The Balaban J connectivity index is 1.91. The van der Waals surface area contributed by atoms with Crippen LogP contribution in [0.15, 0.2) is 54.6 Å². The normalized spacial score (nSPS) is 12.5. The lowest BCUT2D eigenvalue weighted by molar-refractivity contribution is -0.149. The molecule has 0 spiro atoms. The van der Waals surface area contributed by atoms with E-state index in [2.05, 4.69) is 26.6 Å². The molecule has 0 bridgehead atoms. The van der Waals surface area contributed by atoms with Crippen LogP contribution >= 0.6 is 15.9 Å². The molecule has 0 saturated carbocycles. The van der Waals surface area contributed by atoms with Crippen LogP contribution in [0.2, 0.25) is 0 Å². The first kappa shape index (κ1) is 33.3. The number of carbonyl (C=O) groups excluding carboxylic acids is 3. The molecule has 2 aromatic carbocycles. The van der Waals surface area contributed by atoms with Gasteiger partial charge in [0.25, 0.3) is 0 Å². The highest BCUT2D eigenvalue weighted by Gasteiger charge is 2.29. The standard InChI is InChI=1S/C32H45BrN2O5/c1-24(2)30(35-29(37)16-12-7-5-3-4-6-8-13-21-33)31(38)34-28(22-25-17-19-27(36)20-18-25)32(39)40-23-26-14-10-9-11-15-26/h9-11,14-15,17-20,24,28,30,36H,3-8,12-13,16,21-23H2,1-2H3,(H,34,38)(H,35,37)/t28-,30-/m0/s1. The monoisotopic (exact) mass is 616 g/mol. The molecule has 3 N–H and O–H groups in total. The van der Waals surface area contributed by atoms with Crippen LogP contribution in [0.3, 0.4) is 0 Å². The number of aromatic hydroxyl groups is 1. The summed E-state index contributed by atoms with van der Waals surface area (Å²) in [5.74, 6) is -1.20. The van der Waals surface area contributed by atoms with Gasteiger partial charge in [0.1, 0.15) is 24.4 Å². The van der Waals surface area contributed by atoms with E-state index in [0.29, 0.717) is 6.42 Å². The number of alkyl halides is 1. The number of rotatable bonds is 19. The molecule has 0 aliphatic heterocycles. The van der Waals surface area contributed by atoms with Crippen molar-refractivity contribution < 1.29 is 24.2 Å². The number of amides is 2. The van der Waals surface area contributed by atoms with Gasteiger partial charge in [-0.2, -0.15) is 0 Å². The van der Waals surface area contributed by atoms with Crippen LogP contribution in [0.5, 0.6) is 5.75 Å². The van der Waals surface area contributed by atoms with E-state index in [0.717, 1.165) is 35.7 Å². The molecule has 0 aromatic heterocycles. The first-order valence-corrected chi connectivity index (χ1v) is 15.6. The lowest BCUT2D eigenvalue weighted by Crippen LogP contribution is -2.54. The quantitative estimate of drug-likeness (QED) is 0.0988. The number of nitrogens with one attached hydrogen (secondary N) is 2. The number of halogens is 1. The fourth-order valence-corrected chi connectivity index (χ4v) is 4.77. The van der Waals surface area contributed by atoms with Crippen molar-refractivity contribution in [2.75, 3.05) is 5.33 Å². The van der Waals surface area contributed by atoms with Crippen molar-refractivity contribution in [1.82, 2.24) is 10.6 Å². The third-order valence-electron chi connectivity index (χ3n) is 6.75. The predicted molar refractivity (Wildman–Crippen MR) is 162 cm³/mol. The van der Waals surface area contributed by atoms with E-state index in [1.807, 2.05) is 44.2 Å². The summed E-state index contributed by atoms with van der Waals surface area (Å²) < 4.78 is 5.53. The molecule has 0 saturated heterocycles. The molecule has 220 valence electrons. The summed E-state index contributed by atoms with van der Waals surface area (Å²) in [6.07, 6.45) is 9.60. The highest BCUT2D eigenvalue weighted by Crippen LogP contribution is 2.14. The number of unbranched alkanes of at least 4 members (excludes halogenated alkanes) is 7. The van der Waals surface area contributed by atoms with Crippen molar-refractivity contribution in [1.29, 1.82) is 0 Å². The smallest absolute Gasteiger partial charge is 0.329 e. The Morgan fingerprint density at radius 2 is 1.40 bits per heavy atom. The molecule has 2 atom stereocenters. The highest BCUT2D eigenvalue weighted by molar-refractivity contribution is 9.09. The second-order valence-corrected chi connectivity index (χ2v) is 11.4. The SMILES string of the molecule is CC(C)[C@H](NC(=O)CCCCCCCCCCBr)C(=O)N[C@@H](Cc1ccc(O)cc1)C(=O)OCc1ccccc1. The van der Waals surface area contributed by atoms with Crippen LogP contribution in [-0.2, 0) is 32.1 Å². The van der Waals surface area contributed by atoms with Gasteiger partial charge < -0.3 is 20.5 Å². The largest absolute Gasteiger partial charge is 0.508 e. The zero-order valence-corrected chi connectivity index (χ0v) is 25.5. The summed E-state index contributed by atoms with van der Waals surface area (Å²) in [4.78, 5) is 39.0. The number of hydrogen-bond acceptors (Lipinski definition) is 5. The van der Waals surface area contributed by atoms with Gasteiger partial charge in [-0.25, -0.2) is 4.79 Å². The Labute approximate surface area is 247 Å². The summed E-state index contributed by atoms with van der Waals surface area (Å²) in [5, 5.41) is 16.4. The van der Waals surface area contributed by atoms with Crippen molar-refractivity contribution in [3.63, 3.8) is 0 Å². The van der Waals surface area contributed by atoms with E-state index in [1.54, 1.807) is 12.1 Å². The molecule has 0 heterocycles. The number of phenols is 1. The van der Waals surface area contributed by atoms with Crippen molar-refractivity contribution >= 4 is 33.7 Å². The van der Waals surface area contributed by atoms with E-state index >= 15 is 0 Å². The van der Waals surface area contributed by atoms with E-state index in [1.165, 1.54) is 44.2 Å². The maximum absolute atomic E-state index is 13.3. The van der Waals surface area contributed by atoms with E-state index in [-0.39, 0.29) is 30.6 Å².